The minimum atomic E-state index is -4.71. The van der Waals surface area contributed by atoms with Gasteiger partial charge in [0.15, 0.2) is 0 Å². The van der Waals surface area contributed by atoms with Crippen LogP contribution in [0.15, 0.2) is 48.5 Å². The number of hydrogen-bond donors (Lipinski definition) is 0. The quantitative estimate of drug-likeness (QED) is 0.277. The first kappa shape index (κ1) is 28.7. The van der Waals surface area contributed by atoms with Crippen molar-refractivity contribution in [2.75, 3.05) is 12.0 Å². The Labute approximate surface area is 216 Å². The summed E-state index contributed by atoms with van der Waals surface area (Å²) in [6.07, 6.45) is -3.69. The molecule has 198 valence electrons. The molecule has 11 heteroatoms. The predicted octanol–water partition coefficient (Wildman–Crippen LogP) is 6.59. The van der Waals surface area contributed by atoms with Crippen LogP contribution in [0.4, 0.5) is 22.0 Å². The minimum Gasteiger partial charge on any atom is -0.299 e. The van der Waals surface area contributed by atoms with Gasteiger partial charge in [0.25, 0.3) is 0 Å². The minimum absolute atomic E-state index is 0.00434. The Morgan fingerprint density at radius 2 is 1.65 bits per heavy atom. The number of alkyl halides is 3. The van der Waals surface area contributed by atoms with E-state index in [1.165, 1.54) is 30.3 Å². The lowest BCUT2D eigenvalue weighted by molar-refractivity contribution is -0.141. The van der Waals surface area contributed by atoms with Crippen molar-refractivity contribution in [3.8, 4) is 11.3 Å². The topological polar surface area (TPSA) is 64.1 Å². The Morgan fingerprint density at radius 1 is 0.973 bits per heavy atom. The standard InChI is InChI=1S/C26H23ClF5NO3S/c1-15(18-4-3-16(22(29)14-18)11-12-37(2,35)36)23(34)9-6-17-7-10-24(26(30,31)32)33-25(17)19-5-8-21(28)20(27)13-19/h3-5,7-8,10,13-15H,6,9,11-12H2,1-2H3/t15-/m1/s1. The molecule has 2 aromatic carbocycles. The van der Waals surface area contributed by atoms with Crippen LogP contribution in [-0.4, -0.2) is 31.2 Å². The fourth-order valence-corrected chi connectivity index (χ4v) is 4.50. The van der Waals surface area contributed by atoms with Gasteiger partial charge in [-0.05, 0) is 59.9 Å². The predicted molar refractivity (Wildman–Crippen MR) is 131 cm³/mol. The second kappa shape index (κ2) is 11.3. The molecule has 0 spiro atoms. The highest BCUT2D eigenvalue weighted by Gasteiger charge is 2.33. The highest BCUT2D eigenvalue weighted by Crippen LogP contribution is 2.33. The average Bonchev–Trinajstić information content (AvgIpc) is 2.81. The van der Waals surface area contributed by atoms with E-state index in [1.807, 2.05) is 0 Å². The molecule has 0 aliphatic heterocycles. The highest BCUT2D eigenvalue weighted by atomic mass is 35.5. The maximum Gasteiger partial charge on any atom is 0.433 e. The Morgan fingerprint density at radius 3 is 2.24 bits per heavy atom. The number of hydrogen-bond acceptors (Lipinski definition) is 4. The molecule has 0 amide bonds. The molecule has 0 unspecified atom stereocenters. The summed E-state index contributed by atoms with van der Waals surface area (Å²) in [4.78, 5) is 16.6. The molecule has 1 aromatic heterocycles. The van der Waals surface area contributed by atoms with Crippen molar-refractivity contribution in [1.82, 2.24) is 4.98 Å². The number of sulfone groups is 1. The van der Waals surface area contributed by atoms with E-state index in [2.05, 4.69) is 4.98 Å². The molecular formula is C26H23ClF5NO3S. The smallest absolute Gasteiger partial charge is 0.299 e. The Balaban J connectivity index is 1.81. The number of rotatable bonds is 9. The summed E-state index contributed by atoms with van der Waals surface area (Å²) in [6.45, 7) is 1.58. The van der Waals surface area contributed by atoms with Crippen LogP contribution in [0.25, 0.3) is 11.3 Å². The first-order valence-corrected chi connectivity index (χ1v) is 13.6. The van der Waals surface area contributed by atoms with Crippen LogP contribution >= 0.6 is 11.6 Å². The van der Waals surface area contributed by atoms with E-state index < -0.39 is 39.3 Å². The molecule has 0 saturated carbocycles. The third-order valence-corrected chi connectivity index (χ3v) is 7.14. The van der Waals surface area contributed by atoms with Gasteiger partial charge >= 0.3 is 6.18 Å². The van der Waals surface area contributed by atoms with Gasteiger partial charge in [0.05, 0.1) is 16.5 Å². The molecular weight excluding hydrogens is 537 g/mol. The number of nitrogens with zero attached hydrogens (tertiary/aromatic N) is 1. The van der Waals surface area contributed by atoms with E-state index in [9.17, 15) is 35.2 Å². The number of benzene rings is 2. The Kier molecular flexibility index (Phi) is 8.74. The van der Waals surface area contributed by atoms with Crippen LogP contribution in [0.1, 0.15) is 41.6 Å². The van der Waals surface area contributed by atoms with Crippen molar-refractivity contribution < 1.29 is 35.2 Å². The van der Waals surface area contributed by atoms with Crippen molar-refractivity contribution in [2.24, 2.45) is 0 Å². The number of aromatic nitrogens is 1. The Bertz CT molecular complexity index is 1420. The molecule has 0 saturated heterocycles. The summed E-state index contributed by atoms with van der Waals surface area (Å²) in [5.41, 5.74) is -0.108. The summed E-state index contributed by atoms with van der Waals surface area (Å²) in [5.74, 6) is -2.57. The van der Waals surface area contributed by atoms with Crippen LogP contribution in [0.3, 0.4) is 0 Å². The Hall–Kier alpha value is -2.85. The second-order valence-corrected chi connectivity index (χ2v) is 11.4. The molecule has 0 N–H and O–H groups in total. The van der Waals surface area contributed by atoms with E-state index in [1.54, 1.807) is 13.0 Å². The molecule has 4 nitrogen and oxygen atoms in total. The van der Waals surface area contributed by atoms with Crippen molar-refractivity contribution in [3.63, 3.8) is 0 Å². The first-order chi connectivity index (χ1) is 17.2. The van der Waals surface area contributed by atoms with Gasteiger partial charge in [-0.1, -0.05) is 36.7 Å². The van der Waals surface area contributed by atoms with E-state index in [4.69, 9.17) is 11.6 Å². The van der Waals surface area contributed by atoms with Gasteiger partial charge in [-0.3, -0.25) is 4.79 Å². The van der Waals surface area contributed by atoms with Crippen LogP contribution in [0.5, 0.6) is 0 Å². The largest absolute Gasteiger partial charge is 0.433 e. The maximum atomic E-state index is 14.5. The molecule has 0 radical (unpaired) electrons. The third-order valence-electron chi connectivity index (χ3n) is 5.91. The van der Waals surface area contributed by atoms with Crippen molar-refractivity contribution in [3.05, 3.63) is 87.6 Å². The molecule has 3 aromatic rings. The zero-order valence-corrected chi connectivity index (χ0v) is 21.4. The fourth-order valence-electron chi connectivity index (χ4n) is 3.73. The third kappa shape index (κ3) is 7.58. The molecule has 0 fully saturated rings. The maximum absolute atomic E-state index is 14.5. The molecule has 0 aliphatic rings. The SMILES string of the molecule is C[C@@H](C(=O)CCc1ccc(C(F)(F)F)nc1-c1ccc(F)c(Cl)c1)c1ccc(CCS(C)(=O)=O)c(F)c1. The van der Waals surface area contributed by atoms with Crippen molar-refractivity contribution >= 4 is 27.2 Å². The first-order valence-electron chi connectivity index (χ1n) is 11.2. The average molecular weight is 560 g/mol. The molecule has 37 heavy (non-hydrogen) atoms. The molecule has 1 atom stereocenters. The second-order valence-electron chi connectivity index (χ2n) is 8.75. The summed E-state index contributed by atoms with van der Waals surface area (Å²) in [5, 5.41) is -0.283. The highest BCUT2D eigenvalue weighted by molar-refractivity contribution is 7.90. The van der Waals surface area contributed by atoms with Gasteiger partial charge in [-0.15, -0.1) is 0 Å². The number of halogens is 6. The van der Waals surface area contributed by atoms with E-state index in [0.717, 1.165) is 18.4 Å². The van der Waals surface area contributed by atoms with Gasteiger partial charge < -0.3 is 0 Å². The van der Waals surface area contributed by atoms with E-state index >= 15 is 0 Å². The van der Waals surface area contributed by atoms with Crippen LogP contribution in [0.2, 0.25) is 5.02 Å². The lowest BCUT2D eigenvalue weighted by atomic mass is 9.91. The number of aryl methyl sites for hydroxylation is 2. The van der Waals surface area contributed by atoms with Crippen molar-refractivity contribution in [1.29, 1.82) is 0 Å². The number of Topliss-reactive ketones (excluding diaryl/α,β-unsaturated/α-hetero) is 1. The van der Waals surface area contributed by atoms with Gasteiger partial charge in [-0.2, -0.15) is 13.2 Å². The monoisotopic (exact) mass is 559 g/mol. The molecule has 0 bridgehead atoms. The summed E-state index contributed by atoms with van der Waals surface area (Å²) in [7, 11) is -3.27. The lowest BCUT2D eigenvalue weighted by Gasteiger charge is -2.15. The number of carbonyl (C=O) groups excluding carboxylic acids is 1. The van der Waals surface area contributed by atoms with Crippen LogP contribution in [0, 0.1) is 11.6 Å². The molecule has 1 heterocycles. The number of pyridine rings is 1. The summed E-state index contributed by atoms with van der Waals surface area (Å²) >= 11 is 5.81. The van der Waals surface area contributed by atoms with Crippen molar-refractivity contribution in [2.45, 2.75) is 38.3 Å². The number of carbonyl (C=O) groups is 1. The molecule has 3 rings (SSSR count). The zero-order chi connectivity index (χ0) is 27.5. The van der Waals surface area contributed by atoms with Crippen LogP contribution < -0.4 is 0 Å². The zero-order valence-electron chi connectivity index (χ0n) is 19.9. The van der Waals surface area contributed by atoms with Gasteiger partial charge in [0.1, 0.15) is 32.9 Å². The normalized spacial score (nSPS) is 13.0. The summed E-state index contributed by atoms with van der Waals surface area (Å²) < 4.78 is 90.6. The van der Waals surface area contributed by atoms with Crippen LogP contribution in [-0.2, 0) is 33.6 Å². The molecule has 0 aliphatic carbocycles. The van der Waals surface area contributed by atoms with Gasteiger partial charge in [0.2, 0.25) is 0 Å². The lowest BCUT2D eigenvalue weighted by Crippen LogP contribution is -2.13. The van der Waals surface area contributed by atoms with E-state index in [-0.39, 0.29) is 52.6 Å². The summed E-state index contributed by atoms with van der Waals surface area (Å²) in [6, 6.07) is 9.65. The van der Waals surface area contributed by atoms with Gasteiger partial charge in [-0.25, -0.2) is 22.2 Å². The van der Waals surface area contributed by atoms with E-state index in [0.29, 0.717) is 11.1 Å². The number of ketones is 1. The fraction of sp³-hybridized carbons (Fsp3) is 0.308. The van der Waals surface area contributed by atoms with Gasteiger partial charge in [0, 0.05) is 24.2 Å².